The van der Waals surface area contributed by atoms with Gasteiger partial charge in [0.05, 0.1) is 6.04 Å². The van der Waals surface area contributed by atoms with Crippen LogP contribution in [0.15, 0.2) is 59.0 Å². The van der Waals surface area contributed by atoms with E-state index < -0.39 is 0 Å². The van der Waals surface area contributed by atoms with Crippen molar-refractivity contribution in [3.05, 3.63) is 71.6 Å². The van der Waals surface area contributed by atoms with Gasteiger partial charge in [0, 0.05) is 19.2 Å². The number of likely N-dealkylation sites (N-methyl/N-ethyl adjacent to an activating group) is 1. The Morgan fingerprint density at radius 3 is 2.58 bits per heavy atom. The Hall–Kier alpha value is -2.88. The second-order valence-electron chi connectivity index (χ2n) is 5.89. The number of carbonyl (C=O) groups excluding carboxylic acids is 1. The van der Waals surface area contributed by atoms with Crippen molar-refractivity contribution in [3.63, 3.8) is 0 Å². The van der Waals surface area contributed by atoms with E-state index in [-0.39, 0.29) is 11.9 Å². The summed E-state index contributed by atoms with van der Waals surface area (Å²) in [6.45, 7) is 4.06. The van der Waals surface area contributed by atoms with E-state index in [9.17, 15) is 4.79 Å². The molecule has 1 unspecified atom stereocenters. The molecule has 0 spiro atoms. The smallest absolute Gasteiger partial charge is 0.246 e. The number of nitrogens with zero attached hydrogens (tertiary/aromatic N) is 2. The van der Waals surface area contributed by atoms with Crippen LogP contribution in [0.5, 0.6) is 0 Å². The number of aryl methyl sites for hydroxylation is 1. The minimum atomic E-state index is -0.0923. The molecule has 0 N–H and O–H groups in total. The Kier molecular flexibility index (Phi) is 4.47. The maximum Gasteiger partial charge on any atom is 0.246 e. The van der Waals surface area contributed by atoms with Crippen LogP contribution in [0.4, 0.5) is 0 Å². The van der Waals surface area contributed by atoms with Gasteiger partial charge in [-0.05, 0) is 31.5 Å². The van der Waals surface area contributed by atoms with E-state index >= 15 is 0 Å². The number of oxazole rings is 1. The second-order valence-corrected chi connectivity index (χ2v) is 5.89. The Labute approximate surface area is 141 Å². The summed E-state index contributed by atoms with van der Waals surface area (Å²) in [4.78, 5) is 18.4. The van der Waals surface area contributed by atoms with E-state index in [0.717, 1.165) is 11.1 Å². The van der Waals surface area contributed by atoms with Crippen molar-refractivity contribution in [2.75, 3.05) is 7.05 Å². The lowest BCUT2D eigenvalue weighted by atomic mass is 10.1. The minimum Gasteiger partial charge on any atom is -0.437 e. The monoisotopic (exact) mass is 320 g/mol. The first-order valence-electron chi connectivity index (χ1n) is 7.91. The first-order chi connectivity index (χ1) is 11.5. The fourth-order valence-electron chi connectivity index (χ4n) is 2.48. The van der Waals surface area contributed by atoms with Crippen LogP contribution in [0.3, 0.4) is 0 Å². The molecule has 122 valence electrons. The zero-order chi connectivity index (χ0) is 17.1. The summed E-state index contributed by atoms with van der Waals surface area (Å²) in [5.41, 5.74) is 3.81. The average molecular weight is 320 g/mol. The van der Waals surface area contributed by atoms with Crippen molar-refractivity contribution in [1.29, 1.82) is 0 Å². The molecule has 0 saturated carbocycles. The van der Waals surface area contributed by atoms with E-state index in [0.29, 0.717) is 11.5 Å². The SMILES string of the molecule is Cc1ccc(C(C)N(C)C(=O)/C=C/c2nc3ccccc3o2)cc1. The van der Waals surface area contributed by atoms with E-state index in [1.807, 2.05) is 50.2 Å². The van der Waals surface area contributed by atoms with Crippen LogP contribution < -0.4 is 0 Å². The molecular formula is C20H20N2O2. The average Bonchev–Trinajstić information content (AvgIpc) is 3.02. The van der Waals surface area contributed by atoms with Crippen molar-refractivity contribution in [1.82, 2.24) is 9.88 Å². The lowest BCUT2D eigenvalue weighted by molar-refractivity contribution is -0.126. The number of hydrogen-bond acceptors (Lipinski definition) is 3. The van der Waals surface area contributed by atoms with Crippen molar-refractivity contribution >= 4 is 23.1 Å². The highest BCUT2D eigenvalue weighted by Crippen LogP contribution is 2.20. The number of para-hydroxylation sites is 2. The van der Waals surface area contributed by atoms with Crippen LogP contribution in [0.1, 0.15) is 30.0 Å². The van der Waals surface area contributed by atoms with Gasteiger partial charge in [-0.3, -0.25) is 4.79 Å². The molecule has 4 nitrogen and oxygen atoms in total. The topological polar surface area (TPSA) is 46.3 Å². The molecule has 3 aromatic rings. The molecule has 3 rings (SSSR count). The van der Waals surface area contributed by atoms with Crippen LogP contribution in [0, 0.1) is 6.92 Å². The van der Waals surface area contributed by atoms with Gasteiger partial charge >= 0.3 is 0 Å². The molecule has 0 aliphatic carbocycles. The summed E-state index contributed by atoms with van der Waals surface area (Å²) in [6.07, 6.45) is 3.11. The van der Waals surface area contributed by atoms with E-state index in [1.54, 1.807) is 18.0 Å². The lowest BCUT2D eigenvalue weighted by Gasteiger charge is -2.24. The highest BCUT2D eigenvalue weighted by atomic mass is 16.3. The molecule has 1 aromatic heterocycles. The fourth-order valence-corrected chi connectivity index (χ4v) is 2.48. The molecule has 0 radical (unpaired) electrons. The predicted molar refractivity (Wildman–Crippen MR) is 95.4 cm³/mol. The number of rotatable bonds is 4. The standard InChI is InChI=1S/C20H20N2O2/c1-14-8-10-16(11-9-14)15(2)22(3)20(23)13-12-19-21-17-6-4-5-7-18(17)24-19/h4-13,15H,1-3H3/b13-12+. The van der Waals surface area contributed by atoms with E-state index in [4.69, 9.17) is 4.42 Å². The molecule has 1 atom stereocenters. The largest absolute Gasteiger partial charge is 0.437 e. The zero-order valence-electron chi connectivity index (χ0n) is 14.1. The van der Waals surface area contributed by atoms with Crippen molar-refractivity contribution in [3.8, 4) is 0 Å². The summed E-state index contributed by atoms with van der Waals surface area (Å²) in [5, 5.41) is 0. The zero-order valence-corrected chi connectivity index (χ0v) is 14.1. The predicted octanol–water partition coefficient (Wildman–Crippen LogP) is 4.37. The summed E-state index contributed by atoms with van der Waals surface area (Å²) in [5.74, 6) is 0.339. The Morgan fingerprint density at radius 2 is 1.88 bits per heavy atom. The number of carbonyl (C=O) groups is 1. The Bertz CT molecular complexity index is 845. The van der Waals surface area contributed by atoms with Crippen LogP contribution in [-0.2, 0) is 4.79 Å². The second kappa shape index (κ2) is 6.71. The van der Waals surface area contributed by atoms with Crippen LogP contribution in [-0.4, -0.2) is 22.8 Å². The third-order valence-corrected chi connectivity index (χ3v) is 4.17. The molecule has 0 fully saturated rings. The molecule has 0 aliphatic heterocycles. The van der Waals surface area contributed by atoms with Gasteiger partial charge in [-0.25, -0.2) is 4.98 Å². The molecule has 0 saturated heterocycles. The number of hydrogen-bond donors (Lipinski definition) is 0. The number of benzene rings is 2. The molecule has 1 heterocycles. The normalized spacial score (nSPS) is 12.6. The summed E-state index contributed by atoms with van der Waals surface area (Å²) in [6, 6.07) is 15.7. The first kappa shape index (κ1) is 16.0. The molecule has 1 amide bonds. The van der Waals surface area contributed by atoms with Crippen LogP contribution >= 0.6 is 0 Å². The Balaban J connectivity index is 1.72. The molecule has 4 heteroatoms. The van der Waals surface area contributed by atoms with Crippen molar-refractivity contribution in [2.24, 2.45) is 0 Å². The maximum absolute atomic E-state index is 12.4. The van der Waals surface area contributed by atoms with E-state index in [1.165, 1.54) is 11.6 Å². The third-order valence-electron chi connectivity index (χ3n) is 4.17. The Morgan fingerprint density at radius 1 is 1.17 bits per heavy atom. The van der Waals surface area contributed by atoms with Crippen molar-refractivity contribution in [2.45, 2.75) is 19.9 Å². The van der Waals surface area contributed by atoms with Gasteiger partial charge in [0.15, 0.2) is 5.58 Å². The van der Waals surface area contributed by atoms with Gasteiger partial charge in [0.1, 0.15) is 5.52 Å². The fraction of sp³-hybridized carbons (Fsp3) is 0.200. The maximum atomic E-state index is 12.4. The molecular weight excluding hydrogens is 300 g/mol. The highest BCUT2D eigenvalue weighted by Gasteiger charge is 2.15. The first-order valence-corrected chi connectivity index (χ1v) is 7.91. The summed E-state index contributed by atoms with van der Waals surface area (Å²) < 4.78 is 5.59. The quantitative estimate of drug-likeness (QED) is 0.671. The lowest BCUT2D eigenvalue weighted by Crippen LogP contribution is -2.27. The number of aromatic nitrogens is 1. The summed E-state index contributed by atoms with van der Waals surface area (Å²) >= 11 is 0. The summed E-state index contributed by atoms with van der Waals surface area (Å²) in [7, 11) is 1.79. The van der Waals surface area contributed by atoms with Gasteiger partial charge in [-0.15, -0.1) is 0 Å². The number of fused-ring (bicyclic) bond motifs is 1. The molecule has 0 bridgehead atoms. The molecule has 24 heavy (non-hydrogen) atoms. The van der Waals surface area contributed by atoms with E-state index in [2.05, 4.69) is 17.1 Å². The minimum absolute atomic E-state index is 0.00798. The van der Waals surface area contributed by atoms with Crippen LogP contribution in [0.25, 0.3) is 17.2 Å². The van der Waals surface area contributed by atoms with Crippen LogP contribution in [0.2, 0.25) is 0 Å². The highest BCUT2D eigenvalue weighted by molar-refractivity contribution is 5.91. The van der Waals surface area contributed by atoms with Crippen molar-refractivity contribution < 1.29 is 9.21 Å². The van der Waals surface area contributed by atoms with Gasteiger partial charge in [-0.2, -0.15) is 0 Å². The molecule has 2 aromatic carbocycles. The molecule has 0 aliphatic rings. The van der Waals surface area contributed by atoms with Gasteiger partial charge in [0.2, 0.25) is 11.8 Å². The van der Waals surface area contributed by atoms with Gasteiger partial charge in [0.25, 0.3) is 0 Å². The van der Waals surface area contributed by atoms with Gasteiger partial charge in [-0.1, -0.05) is 42.0 Å². The van der Waals surface area contributed by atoms with Gasteiger partial charge < -0.3 is 9.32 Å². The third kappa shape index (κ3) is 3.38. The number of amides is 1.